The number of rotatable bonds is 3. The normalized spacial score (nSPS) is 11.6. The number of aryl methyl sites for hydroxylation is 1. The van der Waals surface area contributed by atoms with Crippen molar-refractivity contribution in [1.29, 1.82) is 0 Å². The van der Waals surface area contributed by atoms with Gasteiger partial charge in [0.05, 0.1) is 24.1 Å². The quantitative estimate of drug-likeness (QED) is 0.887. The number of nitrogens with zero attached hydrogens (tertiary/aromatic N) is 1. The summed E-state index contributed by atoms with van der Waals surface area (Å²) in [6.45, 7) is 2.22. The van der Waals surface area contributed by atoms with Gasteiger partial charge in [-0.15, -0.1) is 0 Å². The largest absolute Gasteiger partial charge is 0.416 e. The van der Waals surface area contributed by atoms with E-state index < -0.39 is 11.7 Å². The molecule has 102 valence electrons. The Labute approximate surface area is 116 Å². The lowest BCUT2D eigenvalue weighted by molar-refractivity contribution is -0.137. The molecular formula is C12H11BrF3N3. The molecule has 0 radical (unpaired) electrons. The summed E-state index contributed by atoms with van der Waals surface area (Å²) in [6, 6.07) is 3.72. The highest BCUT2D eigenvalue weighted by atomic mass is 79.9. The minimum absolute atomic E-state index is 0.364. The van der Waals surface area contributed by atoms with E-state index >= 15 is 0 Å². The average Bonchev–Trinajstić information content (AvgIpc) is 2.70. The zero-order chi connectivity index (χ0) is 14.0. The third-order valence-electron chi connectivity index (χ3n) is 2.62. The van der Waals surface area contributed by atoms with Crippen LogP contribution in [0.5, 0.6) is 0 Å². The van der Waals surface area contributed by atoms with Crippen LogP contribution in [-0.4, -0.2) is 9.97 Å². The van der Waals surface area contributed by atoms with E-state index in [2.05, 4.69) is 31.2 Å². The topological polar surface area (TPSA) is 40.7 Å². The number of hydrogen-bond donors (Lipinski definition) is 2. The number of anilines is 1. The molecule has 0 unspecified atom stereocenters. The van der Waals surface area contributed by atoms with E-state index in [1.807, 2.05) is 6.92 Å². The smallest absolute Gasteiger partial charge is 0.379 e. The van der Waals surface area contributed by atoms with Crippen molar-refractivity contribution in [3.05, 3.63) is 46.0 Å². The van der Waals surface area contributed by atoms with Crippen LogP contribution in [-0.2, 0) is 12.7 Å². The number of imidazole rings is 1. The molecule has 19 heavy (non-hydrogen) atoms. The highest BCUT2D eigenvalue weighted by molar-refractivity contribution is 9.10. The summed E-state index contributed by atoms with van der Waals surface area (Å²) >= 11 is 3.08. The van der Waals surface area contributed by atoms with Crippen molar-refractivity contribution in [2.24, 2.45) is 0 Å². The van der Waals surface area contributed by atoms with Crippen molar-refractivity contribution < 1.29 is 13.2 Å². The monoisotopic (exact) mass is 333 g/mol. The minimum Gasteiger partial charge on any atom is -0.379 e. The maximum Gasteiger partial charge on any atom is 0.416 e. The highest BCUT2D eigenvalue weighted by Gasteiger charge is 2.31. The van der Waals surface area contributed by atoms with Crippen LogP contribution in [0.1, 0.15) is 17.0 Å². The van der Waals surface area contributed by atoms with Gasteiger partial charge in [-0.1, -0.05) is 15.9 Å². The molecule has 0 saturated heterocycles. The van der Waals surface area contributed by atoms with Crippen LogP contribution >= 0.6 is 15.9 Å². The predicted molar refractivity (Wildman–Crippen MR) is 69.8 cm³/mol. The summed E-state index contributed by atoms with van der Waals surface area (Å²) in [7, 11) is 0. The van der Waals surface area contributed by atoms with Crippen LogP contribution in [0.4, 0.5) is 18.9 Å². The molecule has 1 heterocycles. The molecule has 0 saturated carbocycles. The standard InChI is InChI=1S/C12H11BrF3N3/c1-7-11(19-6-18-7)5-17-10-3-8(12(14,15)16)2-9(13)4-10/h2-4,6,17H,5H2,1H3,(H,18,19). The Morgan fingerprint density at radius 2 is 2.05 bits per heavy atom. The summed E-state index contributed by atoms with van der Waals surface area (Å²) in [5.74, 6) is 0. The van der Waals surface area contributed by atoms with E-state index in [9.17, 15) is 13.2 Å². The maximum atomic E-state index is 12.7. The van der Waals surface area contributed by atoms with Gasteiger partial charge in [-0.3, -0.25) is 0 Å². The number of halogens is 4. The Bertz CT molecular complexity index is 578. The number of hydrogen-bond acceptors (Lipinski definition) is 2. The molecule has 0 aliphatic carbocycles. The van der Waals surface area contributed by atoms with Gasteiger partial charge < -0.3 is 10.3 Å². The zero-order valence-electron chi connectivity index (χ0n) is 9.98. The molecule has 0 atom stereocenters. The summed E-state index contributed by atoms with van der Waals surface area (Å²) < 4.78 is 38.4. The van der Waals surface area contributed by atoms with Crippen LogP contribution in [0, 0.1) is 6.92 Å². The molecule has 1 aromatic carbocycles. The summed E-state index contributed by atoms with van der Waals surface area (Å²) in [5.41, 5.74) is 1.36. The van der Waals surface area contributed by atoms with Gasteiger partial charge in [0, 0.05) is 15.9 Å². The SMILES string of the molecule is Cc1[nH]cnc1CNc1cc(Br)cc(C(F)(F)F)c1. The minimum atomic E-state index is -4.36. The Balaban J connectivity index is 2.17. The van der Waals surface area contributed by atoms with Crippen molar-refractivity contribution in [1.82, 2.24) is 9.97 Å². The van der Waals surface area contributed by atoms with Crippen molar-refractivity contribution in [2.75, 3.05) is 5.32 Å². The summed E-state index contributed by atoms with van der Waals surface area (Å²) in [5, 5.41) is 2.93. The van der Waals surface area contributed by atoms with Crippen LogP contribution in [0.15, 0.2) is 29.0 Å². The fourth-order valence-electron chi connectivity index (χ4n) is 1.61. The van der Waals surface area contributed by atoms with E-state index in [1.165, 1.54) is 0 Å². The first kappa shape index (κ1) is 13.9. The molecule has 0 aliphatic rings. The average molecular weight is 334 g/mol. The number of aromatic nitrogens is 2. The fraction of sp³-hybridized carbons (Fsp3) is 0.250. The van der Waals surface area contributed by atoms with Gasteiger partial charge in [0.15, 0.2) is 0 Å². The summed E-state index contributed by atoms with van der Waals surface area (Å²) in [6.07, 6.45) is -2.81. The third kappa shape index (κ3) is 3.50. The number of nitrogens with one attached hydrogen (secondary N) is 2. The van der Waals surface area contributed by atoms with Gasteiger partial charge >= 0.3 is 6.18 Å². The molecule has 3 nitrogen and oxygen atoms in total. The highest BCUT2D eigenvalue weighted by Crippen LogP contribution is 2.33. The van der Waals surface area contributed by atoms with Gasteiger partial charge in [-0.2, -0.15) is 13.2 Å². The maximum absolute atomic E-state index is 12.7. The molecular weight excluding hydrogens is 323 g/mol. The molecule has 0 amide bonds. The molecule has 1 aromatic heterocycles. The van der Waals surface area contributed by atoms with Gasteiger partial charge in [0.1, 0.15) is 0 Å². The first-order valence-electron chi connectivity index (χ1n) is 5.47. The van der Waals surface area contributed by atoms with Crippen molar-refractivity contribution in [3.63, 3.8) is 0 Å². The Morgan fingerprint density at radius 1 is 1.32 bits per heavy atom. The second kappa shape index (κ2) is 5.24. The molecule has 0 aliphatic heterocycles. The molecule has 2 aromatic rings. The molecule has 0 fully saturated rings. The molecule has 7 heteroatoms. The lowest BCUT2D eigenvalue weighted by atomic mass is 10.2. The van der Waals surface area contributed by atoms with Crippen LogP contribution in [0.2, 0.25) is 0 Å². The van der Waals surface area contributed by atoms with E-state index in [0.29, 0.717) is 16.7 Å². The van der Waals surface area contributed by atoms with Crippen LogP contribution < -0.4 is 5.32 Å². The second-order valence-electron chi connectivity index (χ2n) is 4.05. The number of H-pyrrole nitrogens is 1. The third-order valence-corrected chi connectivity index (χ3v) is 3.08. The van der Waals surface area contributed by atoms with Gasteiger partial charge in [-0.25, -0.2) is 4.98 Å². The molecule has 0 bridgehead atoms. The van der Waals surface area contributed by atoms with Crippen molar-refractivity contribution >= 4 is 21.6 Å². The second-order valence-corrected chi connectivity index (χ2v) is 4.97. The lowest BCUT2D eigenvalue weighted by Gasteiger charge is -2.11. The van der Waals surface area contributed by atoms with Crippen LogP contribution in [0.3, 0.4) is 0 Å². The fourth-order valence-corrected chi connectivity index (χ4v) is 2.10. The predicted octanol–water partition coefficient (Wildman–Crippen LogP) is 4.11. The number of aromatic amines is 1. The van der Waals surface area contributed by atoms with Gasteiger partial charge in [-0.05, 0) is 25.1 Å². The van der Waals surface area contributed by atoms with E-state index in [0.717, 1.165) is 23.5 Å². The number of alkyl halides is 3. The number of benzene rings is 1. The zero-order valence-corrected chi connectivity index (χ0v) is 11.6. The Kier molecular flexibility index (Phi) is 3.84. The molecule has 2 N–H and O–H groups in total. The summed E-state index contributed by atoms with van der Waals surface area (Å²) in [4.78, 5) is 6.98. The first-order chi connectivity index (χ1) is 8.86. The van der Waals surface area contributed by atoms with E-state index in [-0.39, 0.29) is 0 Å². The lowest BCUT2D eigenvalue weighted by Crippen LogP contribution is -2.07. The molecule has 2 rings (SSSR count). The molecule has 0 spiro atoms. The van der Waals surface area contributed by atoms with E-state index in [4.69, 9.17) is 0 Å². The Morgan fingerprint density at radius 3 is 2.63 bits per heavy atom. The van der Waals surface area contributed by atoms with Crippen LogP contribution in [0.25, 0.3) is 0 Å². The van der Waals surface area contributed by atoms with Crippen molar-refractivity contribution in [3.8, 4) is 0 Å². The van der Waals surface area contributed by atoms with Gasteiger partial charge in [0.2, 0.25) is 0 Å². The first-order valence-corrected chi connectivity index (χ1v) is 6.26. The van der Waals surface area contributed by atoms with Gasteiger partial charge in [0.25, 0.3) is 0 Å². The Hall–Kier alpha value is -1.50. The van der Waals surface area contributed by atoms with E-state index in [1.54, 1.807) is 12.4 Å². The van der Waals surface area contributed by atoms with Crippen molar-refractivity contribution in [2.45, 2.75) is 19.6 Å².